The molecule has 0 spiro atoms. The predicted octanol–water partition coefficient (Wildman–Crippen LogP) is 3.53. The van der Waals surface area contributed by atoms with Crippen LogP contribution in [0, 0.1) is 0 Å². The first-order valence-corrected chi connectivity index (χ1v) is 10.5. The van der Waals surface area contributed by atoms with Crippen molar-refractivity contribution in [2.24, 2.45) is 12.0 Å². The number of rotatable bonds is 6. The van der Waals surface area contributed by atoms with E-state index in [-0.39, 0.29) is 0 Å². The number of benzene rings is 2. The highest BCUT2D eigenvalue weighted by Crippen LogP contribution is 2.29. The number of hydrogen-bond acceptors (Lipinski definition) is 3. The summed E-state index contributed by atoms with van der Waals surface area (Å²) >= 11 is 0. The van der Waals surface area contributed by atoms with E-state index in [0.717, 1.165) is 42.3 Å². The van der Waals surface area contributed by atoms with Gasteiger partial charge in [-0.15, -0.1) is 0 Å². The molecule has 0 aliphatic carbocycles. The SMILES string of the molecule is CN=C(NCCOc1ccccc1-c1ccccc1)N1CCC(c2cnn(C)c2)C1. The average Bonchev–Trinajstić information content (AvgIpc) is 3.44. The zero-order valence-corrected chi connectivity index (χ0v) is 17.7. The molecule has 2 heterocycles. The minimum absolute atomic E-state index is 0.506. The summed E-state index contributed by atoms with van der Waals surface area (Å²) in [5.74, 6) is 2.34. The third-order valence-corrected chi connectivity index (χ3v) is 5.51. The van der Waals surface area contributed by atoms with Gasteiger partial charge in [-0.3, -0.25) is 9.67 Å². The van der Waals surface area contributed by atoms with Crippen molar-refractivity contribution < 1.29 is 4.74 Å². The normalized spacial score (nSPS) is 16.7. The van der Waals surface area contributed by atoms with Gasteiger partial charge in [0.25, 0.3) is 0 Å². The maximum atomic E-state index is 6.10. The van der Waals surface area contributed by atoms with E-state index in [1.807, 2.05) is 61.4 Å². The molecule has 3 aromatic rings. The second-order valence-electron chi connectivity index (χ2n) is 7.56. The van der Waals surface area contributed by atoms with Gasteiger partial charge in [-0.25, -0.2) is 0 Å². The predicted molar refractivity (Wildman–Crippen MR) is 121 cm³/mol. The Morgan fingerprint density at radius 1 is 1.17 bits per heavy atom. The molecule has 0 saturated carbocycles. The monoisotopic (exact) mass is 403 g/mol. The number of nitrogens with zero attached hydrogens (tertiary/aromatic N) is 4. The van der Waals surface area contributed by atoms with Gasteiger partial charge in [0.05, 0.1) is 12.7 Å². The number of hydrogen-bond donors (Lipinski definition) is 1. The van der Waals surface area contributed by atoms with Gasteiger partial charge in [0, 0.05) is 44.9 Å². The molecular formula is C24H29N5O. The number of guanidine groups is 1. The Balaban J connectivity index is 1.29. The first kappa shape index (κ1) is 20.0. The Labute approximate surface area is 178 Å². The molecule has 6 nitrogen and oxygen atoms in total. The molecule has 0 radical (unpaired) electrons. The van der Waals surface area contributed by atoms with Gasteiger partial charge in [-0.05, 0) is 23.6 Å². The van der Waals surface area contributed by atoms with Crippen molar-refractivity contribution >= 4 is 5.96 Å². The minimum Gasteiger partial charge on any atom is -0.491 e. The summed E-state index contributed by atoms with van der Waals surface area (Å²) in [5, 5.41) is 7.75. The van der Waals surface area contributed by atoms with Crippen LogP contribution in [0.25, 0.3) is 11.1 Å². The number of aliphatic imine (C=N–C) groups is 1. The van der Waals surface area contributed by atoms with Gasteiger partial charge in [-0.2, -0.15) is 5.10 Å². The van der Waals surface area contributed by atoms with Gasteiger partial charge >= 0.3 is 0 Å². The lowest BCUT2D eigenvalue weighted by Crippen LogP contribution is -2.41. The third kappa shape index (κ3) is 4.64. The van der Waals surface area contributed by atoms with Crippen molar-refractivity contribution in [3.05, 3.63) is 72.6 Å². The lowest BCUT2D eigenvalue weighted by atomic mass is 10.0. The number of aryl methyl sites for hydroxylation is 1. The summed E-state index contributed by atoms with van der Waals surface area (Å²) in [5.41, 5.74) is 3.58. The van der Waals surface area contributed by atoms with Crippen LogP contribution in [0.5, 0.6) is 5.75 Å². The fourth-order valence-electron chi connectivity index (χ4n) is 3.98. The Morgan fingerprint density at radius 3 is 2.73 bits per heavy atom. The van der Waals surface area contributed by atoms with E-state index in [1.165, 1.54) is 5.56 Å². The fraction of sp³-hybridized carbons (Fsp3) is 0.333. The van der Waals surface area contributed by atoms with Crippen LogP contribution < -0.4 is 10.1 Å². The quantitative estimate of drug-likeness (QED) is 0.389. The van der Waals surface area contributed by atoms with E-state index in [4.69, 9.17) is 4.74 Å². The van der Waals surface area contributed by atoms with Crippen molar-refractivity contribution in [2.45, 2.75) is 12.3 Å². The Hall–Kier alpha value is -3.28. The van der Waals surface area contributed by atoms with Gasteiger partial charge in [-0.1, -0.05) is 48.5 Å². The molecule has 6 heteroatoms. The highest BCUT2D eigenvalue weighted by Gasteiger charge is 2.26. The van der Waals surface area contributed by atoms with Crippen LogP contribution >= 0.6 is 0 Å². The molecule has 1 fully saturated rings. The van der Waals surface area contributed by atoms with Crippen LogP contribution in [0.4, 0.5) is 0 Å². The third-order valence-electron chi connectivity index (χ3n) is 5.51. The molecule has 156 valence electrons. The molecular weight excluding hydrogens is 374 g/mol. The van der Waals surface area contributed by atoms with E-state index in [9.17, 15) is 0 Å². The topological polar surface area (TPSA) is 54.7 Å². The van der Waals surface area contributed by atoms with Gasteiger partial charge in [0.1, 0.15) is 12.4 Å². The van der Waals surface area contributed by atoms with E-state index < -0.39 is 0 Å². The van der Waals surface area contributed by atoms with Crippen LogP contribution in [-0.2, 0) is 7.05 Å². The van der Waals surface area contributed by atoms with Crippen molar-refractivity contribution in [1.82, 2.24) is 20.0 Å². The Kier molecular flexibility index (Phi) is 6.32. The zero-order chi connectivity index (χ0) is 20.8. The van der Waals surface area contributed by atoms with Gasteiger partial charge < -0.3 is 15.0 Å². The van der Waals surface area contributed by atoms with Crippen LogP contribution in [0.1, 0.15) is 17.9 Å². The molecule has 4 rings (SSSR count). The summed E-state index contributed by atoms with van der Waals surface area (Å²) in [6.07, 6.45) is 5.21. The highest BCUT2D eigenvalue weighted by molar-refractivity contribution is 5.80. The zero-order valence-electron chi connectivity index (χ0n) is 17.7. The maximum absolute atomic E-state index is 6.10. The number of likely N-dealkylation sites (tertiary alicyclic amines) is 1. The average molecular weight is 404 g/mol. The maximum Gasteiger partial charge on any atom is 0.193 e. The second kappa shape index (κ2) is 9.48. The fourth-order valence-corrected chi connectivity index (χ4v) is 3.98. The van der Waals surface area contributed by atoms with Crippen LogP contribution in [0.15, 0.2) is 72.0 Å². The first-order valence-electron chi connectivity index (χ1n) is 10.5. The minimum atomic E-state index is 0.506. The second-order valence-corrected chi connectivity index (χ2v) is 7.56. The van der Waals surface area contributed by atoms with Crippen molar-refractivity contribution in [3.8, 4) is 16.9 Å². The summed E-state index contributed by atoms with van der Waals surface area (Å²) in [6, 6.07) is 18.5. The van der Waals surface area contributed by atoms with Crippen LogP contribution in [0.2, 0.25) is 0 Å². The number of aromatic nitrogens is 2. The molecule has 30 heavy (non-hydrogen) atoms. The Morgan fingerprint density at radius 2 is 1.97 bits per heavy atom. The summed E-state index contributed by atoms with van der Waals surface area (Å²) in [7, 11) is 3.80. The largest absolute Gasteiger partial charge is 0.491 e. The van der Waals surface area contributed by atoms with E-state index in [2.05, 4.69) is 44.7 Å². The molecule has 1 aliphatic rings. The lowest BCUT2D eigenvalue weighted by Gasteiger charge is -2.22. The molecule has 2 aromatic carbocycles. The molecule has 1 saturated heterocycles. The lowest BCUT2D eigenvalue weighted by molar-refractivity contribution is 0.320. The summed E-state index contributed by atoms with van der Waals surface area (Å²) in [6.45, 7) is 3.23. The molecule has 1 aliphatic heterocycles. The molecule has 0 amide bonds. The summed E-state index contributed by atoms with van der Waals surface area (Å²) in [4.78, 5) is 6.78. The standard InChI is InChI=1S/C24H29N5O/c1-25-24(29-14-12-20(18-29)21-16-27-28(2)17-21)26-13-15-30-23-11-7-6-10-22(23)19-8-4-3-5-9-19/h3-11,16-17,20H,12-15,18H2,1-2H3,(H,25,26). The summed E-state index contributed by atoms with van der Waals surface area (Å²) < 4.78 is 7.97. The van der Waals surface area contributed by atoms with Crippen molar-refractivity contribution in [2.75, 3.05) is 33.3 Å². The van der Waals surface area contributed by atoms with Gasteiger partial charge in [0.15, 0.2) is 5.96 Å². The van der Waals surface area contributed by atoms with Crippen molar-refractivity contribution in [1.29, 1.82) is 0 Å². The van der Waals surface area contributed by atoms with Crippen LogP contribution in [0.3, 0.4) is 0 Å². The smallest absolute Gasteiger partial charge is 0.193 e. The van der Waals surface area contributed by atoms with E-state index in [0.29, 0.717) is 19.1 Å². The van der Waals surface area contributed by atoms with E-state index >= 15 is 0 Å². The number of para-hydroxylation sites is 1. The molecule has 1 aromatic heterocycles. The molecule has 0 bridgehead atoms. The molecule has 1 unspecified atom stereocenters. The van der Waals surface area contributed by atoms with Gasteiger partial charge in [0.2, 0.25) is 0 Å². The molecule has 1 N–H and O–H groups in total. The molecule has 1 atom stereocenters. The Bertz CT molecular complexity index is 982. The number of nitrogens with one attached hydrogen (secondary N) is 1. The van der Waals surface area contributed by atoms with Crippen LogP contribution in [-0.4, -0.2) is 53.9 Å². The van der Waals surface area contributed by atoms with E-state index in [1.54, 1.807) is 0 Å². The number of ether oxygens (including phenoxy) is 1. The van der Waals surface area contributed by atoms with Crippen molar-refractivity contribution in [3.63, 3.8) is 0 Å². The highest BCUT2D eigenvalue weighted by atomic mass is 16.5. The first-order chi connectivity index (χ1) is 14.7.